The van der Waals surface area contributed by atoms with Gasteiger partial charge in [-0.2, -0.15) is 4.31 Å². The average Bonchev–Trinajstić information content (AvgIpc) is 3.10. The van der Waals surface area contributed by atoms with Crippen LogP contribution in [0.15, 0.2) is 58.4 Å². The van der Waals surface area contributed by atoms with Crippen molar-refractivity contribution in [1.29, 1.82) is 0 Å². The molecule has 0 spiro atoms. The van der Waals surface area contributed by atoms with Crippen molar-refractivity contribution in [2.75, 3.05) is 13.1 Å². The Bertz CT molecular complexity index is 788. The quantitative estimate of drug-likeness (QED) is 0.806. The van der Waals surface area contributed by atoms with Crippen LogP contribution < -0.4 is 0 Å². The molecule has 1 heterocycles. The third-order valence-electron chi connectivity index (χ3n) is 3.98. The zero-order valence-electron chi connectivity index (χ0n) is 13.1. The average molecular weight is 328 g/mol. The number of hydrogen-bond acceptors (Lipinski definition) is 3. The van der Waals surface area contributed by atoms with Crippen molar-refractivity contribution in [1.82, 2.24) is 4.31 Å². The molecule has 0 bridgehead atoms. The summed E-state index contributed by atoms with van der Waals surface area (Å²) in [4.78, 5) is 4.73. The molecule has 0 saturated carbocycles. The van der Waals surface area contributed by atoms with Gasteiger partial charge in [0.15, 0.2) is 0 Å². The van der Waals surface area contributed by atoms with Gasteiger partial charge >= 0.3 is 0 Å². The smallest absolute Gasteiger partial charge is 0.243 e. The van der Waals surface area contributed by atoms with Crippen molar-refractivity contribution >= 4 is 21.9 Å². The van der Waals surface area contributed by atoms with Crippen LogP contribution in [0.3, 0.4) is 0 Å². The summed E-state index contributed by atoms with van der Waals surface area (Å²) in [6.07, 6.45) is 3.67. The van der Waals surface area contributed by atoms with E-state index in [1.165, 1.54) is 5.56 Å². The van der Waals surface area contributed by atoms with Gasteiger partial charge in [-0.1, -0.05) is 29.8 Å². The summed E-state index contributed by atoms with van der Waals surface area (Å²) < 4.78 is 26.4. The minimum absolute atomic E-state index is 0.341. The molecule has 1 saturated heterocycles. The third-order valence-corrected chi connectivity index (χ3v) is 5.89. The normalized spacial score (nSPS) is 16.2. The number of hydrogen-bond donors (Lipinski definition) is 0. The Balaban J connectivity index is 1.75. The number of aryl methyl sites for hydroxylation is 1. The zero-order chi connectivity index (χ0) is 16.3. The monoisotopic (exact) mass is 328 g/mol. The van der Waals surface area contributed by atoms with E-state index >= 15 is 0 Å². The van der Waals surface area contributed by atoms with Gasteiger partial charge in [0.1, 0.15) is 0 Å². The topological polar surface area (TPSA) is 49.7 Å². The van der Waals surface area contributed by atoms with E-state index in [1.54, 1.807) is 34.8 Å². The van der Waals surface area contributed by atoms with Crippen molar-refractivity contribution in [3.63, 3.8) is 0 Å². The number of aliphatic imine (C=N–C) groups is 1. The van der Waals surface area contributed by atoms with Crippen molar-refractivity contribution in [2.24, 2.45) is 4.99 Å². The SMILES string of the molecule is Cc1ccc(C=Nc2ccc(S(=O)(=O)N3CCCC3)cc2)cc1. The van der Waals surface area contributed by atoms with E-state index in [1.807, 2.05) is 31.2 Å². The first-order chi connectivity index (χ1) is 11.1. The summed E-state index contributed by atoms with van der Waals surface area (Å²) in [6, 6.07) is 14.8. The van der Waals surface area contributed by atoms with Gasteiger partial charge in [-0.05, 0) is 49.6 Å². The fourth-order valence-electron chi connectivity index (χ4n) is 2.58. The van der Waals surface area contributed by atoms with Crippen LogP contribution in [0.1, 0.15) is 24.0 Å². The van der Waals surface area contributed by atoms with Crippen LogP contribution in [-0.4, -0.2) is 32.0 Å². The summed E-state index contributed by atoms with van der Waals surface area (Å²) in [5, 5.41) is 0. The van der Waals surface area contributed by atoms with Crippen molar-refractivity contribution in [2.45, 2.75) is 24.7 Å². The Labute approximate surface area is 137 Å². The summed E-state index contributed by atoms with van der Waals surface area (Å²) >= 11 is 0. The van der Waals surface area contributed by atoms with Crippen molar-refractivity contribution in [3.8, 4) is 0 Å². The molecule has 0 aromatic heterocycles. The molecule has 4 nitrogen and oxygen atoms in total. The summed E-state index contributed by atoms with van der Waals surface area (Å²) in [5.74, 6) is 0. The van der Waals surface area contributed by atoms with Crippen LogP contribution in [0.4, 0.5) is 5.69 Å². The fourth-order valence-corrected chi connectivity index (χ4v) is 4.10. The molecule has 1 fully saturated rings. The predicted octanol–water partition coefficient (Wildman–Crippen LogP) is 3.53. The first-order valence-electron chi connectivity index (χ1n) is 7.77. The molecule has 0 N–H and O–H groups in total. The van der Waals surface area contributed by atoms with E-state index in [9.17, 15) is 8.42 Å². The maximum Gasteiger partial charge on any atom is 0.243 e. The molecule has 0 aliphatic carbocycles. The predicted molar refractivity (Wildman–Crippen MR) is 92.9 cm³/mol. The van der Waals surface area contributed by atoms with Gasteiger partial charge in [-0.3, -0.25) is 4.99 Å². The van der Waals surface area contributed by atoms with E-state index < -0.39 is 10.0 Å². The van der Waals surface area contributed by atoms with E-state index in [-0.39, 0.29) is 0 Å². The number of nitrogens with zero attached hydrogens (tertiary/aromatic N) is 2. The molecule has 0 atom stereocenters. The Hall–Kier alpha value is -1.98. The second-order valence-electron chi connectivity index (χ2n) is 5.77. The van der Waals surface area contributed by atoms with Gasteiger partial charge in [0.2, 0.25) is 10.0 Å². The molecule has 23 heavy (non-hydrogen) atoms. The molecular formula is C18H20N2O2S. The van der Waals surface area contributed by atoms with E-state index in [0.29, 0.717) is 18.0 Å². The van der Waals surface area contributed by atoms with Crippen LogP contribution >= 0.6 is 0 Å². The van der Waals surface area contributed by atoms with Gasteiger partial charge < -0.3 is 0 Å². The number of sulfonamides is 1. The molecule has 5 heteroatoms. The summed E-state index contributed by atoms with van der Waals surface area (Å²) in [6.45, 7) is 3.28. The Kier molecular flexibility index (Phi) is 4.59. The minimum Gasteiger partial charge on any atom is -0.256 e. The highest BCUT2D eigenvalue weighted by Crippen LogP contribution is 2.23. The summed E-state index contributed by atoms with van der Waals surface area (Å²) in [7, 11) is -3.35. The molecule has 2 aromatic carbocycles. The maximum atomic E-state index is 12.4. The highest BCUT2D eigenvalue weighted by molar-refractivity contribution is 7.89. The van der Waals surface area contributed by atoms with Gasteiger partial charge in [-0.15, -0.1) is 0 Å². The Morgan fingerprint density at radius 3 is 2.17 bits per heavy atom. The first kappa shape index (κ1) is 15.9. The number of rotatable bonds is 4. The highest BCUT2D eigenvalue weighted by atomic mass is 32.2. The van der Waals surface area contributed by atoms with Crippen LogP contribution in [-0.2, 0) is 10.0 Å². The molecule has 0 amide bonds. The van der Waals surface area contributed by atoms with Gasteiger partial charge in [0, 0.05) is 19.3 Å². The Morgan fingerprint density at radius 1 is 0.957 bits per heavy atom. The van der Waals surface area contributed by atoms with Crippen LogP contribution in [0.25, 0.3) is 0 Å². The van der Waals surface area contributed by atoms with Crippen LogP contribution in [0.5, 0.6) is 0 Å². The molecule has 120 valence electrons. The molecule has 1 aliphatic rings. The van der Waals surface area contributed by atoms with Gasteiger partial charge in [0.25, 0.3) is 0 Å². The maximum absolute atomic E-state index is 12.4. The van der Waals surface area contributed by atoms with Crippen molar-refractivity contribution < 1.29 is 8.42 Å². The van der Waals surface area contributed by atoms with E-state index in [0.717, 1.165) is 24.1 Å². The van der Waals surface area contributed by atoms with Crippen LogP contribution in [0, 0.1) is 6.92 Å². The van der Waals surface area contributed by atoms with E-state index in [2.05, 4.69) is 4.99 Å². The second kappa shape index (κ2) is 6.64. The van der Waals surface area contributed by atoms with Gasteiger partial charge in [0.05, 0.1) is 10.6 Å². The lowest BCUT2D eigenvalue weighted by atomic mass is 10.2. The largest absolute Gasteiger partial charge is 0.256 e. The minimum atomic E-state index is -3.35. The molecule has 1 aliphatic heterocycles. The number of benzene rings is 2. The molecule has 3 rings (SSSR count). The first-order valence-corrected chi connectivity index (χ1v) is 9.21. The lowest BCUT2D eigenvalue weighted by Gasteiger charge is -2.15. The van der Waals surface area contributed by atoms with E-state index in [4.69, 9.17) is 0 Å². The summed E-state index contributed by atoms with van der Waals surface area (Å²) in [5.41, 5.74) is 2.97. The van der Waals surface area contributed by atoms with Crippen LogP contribution in [0.2, 0.25) is 0 Å². The Morgan fingerprint density at radius 2 is 1.57 bits per heavy atom. The van der Waals surface area contributed by atoms with Crippen molar-refractivity contribution in [3.05, 3.63) is 59.7 Å². The lowest BCUT2D eigenvalue weighted by Crippen LogP contribution is -2.27. The zero-order valence-corrected chi connectivity index (χ0v) is 14.0. The highest BCUT2D eigenvalue weighted by Gasteiger charge is 2.26. The lowest BCUT2D eigenvalue weighted by molar-refractivity contribution is 0.477. The standard InChI is InChI=1S/C18H20N2O2S/c1-15-4-6-16(7-5-15)14-19-17-8-10-18(11-9-17)23(21,22)20-12-2-3-13-20/h4-11,14H,2-3,12-13H2,1H3. The molecule has 0 unspecified atom stereocenters. The third kappa shape index (κ3) is 3.68. The fraction of sp³-hybridized carbons (Fsp3) is 0.278. The van der Waals surface area contributed by atoms with Gasteiger partial charge in [-0.25, -0.2) is 8.42 Å². The molecular weight excluding hydrogens is 308 g/mol. The molecule has 0 radical (unpaired) electrons. The molecule has 2 aromatic rings. The second-order valence-corrected chi connectivity index (χ2v) is 7.71.